The average molecular weight is 513 g/mol. The Balaban J connectivity index is 1.11. The number of rotatable bonds is 6. The van der Waals surface area contributed by atoms with Gasteiger partial charge in [-0.15, -0.1) is 0 Å². The summed E-state index contributed by atoms with van der Waals surface area (Å²) in [5, 5.41) is 14.3. The molecule has 1 aromatic heterocycles. The molecular formula is C27H33FN4O5. The second kappa shape index (κ2) is 10.1. The number of anilines is 1. The summed E-state index contributed by atoms with van der Waals surface area (Å²) in [6, 6.07) is 9.32. The van der Waals surface area contributed by atoms with Crippen molar-refractivity contribution in [3.63, 3.8) is 0 Å². The fourth-order valence-corrected chi connectivity index (χ4v) is 5.66. The number of fused-ring (bicyclic) bond motifs is 2. The Kier molecular flexibility index (Phi) is 6.64. The van der Waals surface area contributed by atoms with E-state index in [9.17, 15) is 9.90 Å². The van der Waals surface area contributed by atoms with E-state index in [1.807, 2.05) is 31.2 Å². The van der Waals surface area contributed by atoms with E-state index >= 15 is 4.39 Å². The normalized spacial score (nSPS) is 31.3. The Morgan fingerprint density at radius 3 is 2.73 bits per heavy atom. The molecule has 0 bridgehead atoms. The van der Waals surface area contributed by atoms with E-state index in [-0.39, 0.29) is 36.9 Å². The zero-order valence-electron chi connectivity index (χ0n) is 20.8. The molecule has 0 aliphatic carbocycles. The highest BCUT2D eigenvalue weighted by atomic mass is 19.1. The van der Waals surface area contributed by atoms with Gasteiger partial charge in [0.1, 0.15) is 30.5 Å². The van der Waals surface area contributed by atoms with Crippen LogP contribution in [-0.4, -0.2) is 78.9 Å². The van der Waals surface area contributed by atoms with Crippen molar-refractivity contribution in [2.75, 3.05) is 31.2 Å². The van der Waals surface area contributed by atoms with Crippen LogP contribution >= 0.6 is 0 Å². The number of aromatic nitrogens is 1. The summed E-state index contributed by atoms with van der Waals surface area (Å²) in [7, 11) is 0. The van der Waals surface area contributed by atoms with Crippen molar-refractivity contribution >= 4 is 17.7 Å². The fraction of sp³-hybridized carbons (Fsp3) is 0.556. The molecule has 4 aliphatic heterocycles. The number of aliphatic hydroxyl groups excluding tert-OH is 1. The molecule has 2 unspecified atom stereocenters. The van der Waals surface area contributed by atoms with Crippen LogP contribution in [0, 0.1) is 0 Å². The molecule has 0 radical (unpaired) electrons. The predicted octanol–water partition coefficient (Wildman–Crippen LogP) is 0.909. The number of H-pyrrole nitrogens is 1. The van der Waals surface area contributed by atoms with E-state index in [4.69, 9.17) is 14.2 Å². The minimum absolute atomic E-state index is 0.102. The molecular weight excluding hydrogens is 479 g/mol. The van der Waals surface area contributed by atoms with Crippen molar-refractivity contribution in [2.24, 2.45) is 4.99 Å². The van der Waals surface area contributed by atoms with Gasteiger partial charge in [-0.1, -0.05) is 19.1 Å². The number of piperidine rings is 1. The maximum Gasteiger partial charge on any atom is 0.219 e. The number of alkyl halides is 1. The zero-order chi connectivity index (χ0) is 25.5. The van der Waals surface area contributed by atoms with Gasteiger partial charge in [-0.25, -0.2) is 4.39 Å². The van der Waals surface area contributed by atoms with Crippen LogP contribution in [0.15, 0.2) is 35.3 Å². The fourth-order valence-electron chi connectivity index (χ4n) is 5.66. The average Bonchev–Trinajstić information content (AvgIpc) is 3.60. The van der Waals surface area contributed by atoms with Gasteiger partial charge in [0.25, 0.3) is 0 Å². The van der Waals surface area contributed by atoms with Crippen molar-refractivity contribution in [3.05, 3.63) is 46.6 Å². The summed E-state index contributed by atoms with van der Waals surface area (Å²) in [6.07, 6.45) is 0.930. The van der Waals surface area contributed by atoms with Gasteiger partial charge in [0.15, 0.2) is 12.0 Å². The number of nitrogens with one attached hydrogen (secondary N) is 2. The van der Waals surface area contributed by atoms with E-state index < -0.39 is 18.3 Å². The third-order valence-corrected chi connectivity index (χ3v) is 7.75. The highest BCUT2D eigenvalue weighted by Crippen LogP contribution is 2.31. The monoisotopic (exact) mass is 512 g/mol. The number of hydrogen-bond donors (Lipinski definition) is 3. The summed E-state index contributed by atoms with van der Waals surface area (Å²) >= 11 is 0. The molecule has 9 nitrogen and oxygen atoms in total. The van der Waals surface area contributed by atoms with E-state index in [0.717, 1.165) is 37.2 Å². The number of halogens is 1. The van der Waals surface area contributed by atoms with Crippen molar-refractivity contribution in [3.8, 4) is 5.88 Å². The first-order valence-electron chi connectivity index (χ1n) is 13.1. The number of carbonyl (C=O) groups is 1. The first kappa shape index (κ1) is 24.4. The Hall–Kier alpha value is -2.95. The Labute approximate surface area is 214 Å². The maximum absolute atomic E-state index is 15.2. The lowest BCUT2D eigenvalue weighted by Gasteiger charge is -2.34. The van der Waals surface area contributed by atoms with Gasteiger partial charge < -0.3 is 34.5 Å². The molecule has 5 heterocycles. The lowest BCUT2D eigenvalue weighted by Crippen LogP contribution is -2.44. The van der Waals surface area contributed by atoms with Gasteiger partial charge >= 0.3 is 0 Å². The summed E-state index contributed by atoms with van der Waals surface area (Å²) in [5.74, 6) is 0.579. The summed E-state index contributed by atoms with van der Waals surface area (Å²) in [6.45, 7) is 4.16. The second-order valence-electron chi connectivity index (χ2n) is 10.2. The van der Waals surface area contributed by atoms with Crippen molar-refractivity contribution in [2.45, 2.75) is 68.9 Å². The SMILES string of the molecule is CCC(=O)NC1CCN(c2ccc(C3N=c4cc(O[C@@H]5CO[C@H]6[C@@H]5OC[C@H]6O)[nH]c4=CC3F)cc2)CC1. The van der Waals surface area contributed by atoms with Crippen LogP contribution < -0.4 is 25.7 Å². The standard InChI is InChI=1S/C27H33FN4O5/c1-2-23(34)29-16-7-9-32(10-8-16)17-5-3-15(4-6-17)25-18(28)11-19-20(31-25)12-24(30-19)37-22-14-36-26-21(33)13-35-27(22)26/h3-6,11-12,16,18,21-22,25-27,30,33H,2,7-10,13-14H2,1H3,(H,29,34)/t18?,21-,22-,25?,26-,27-/m1/s1. The highest BCUT2D eigenvalue weighted by Gasteiger charge is 2.48. The van der Waals surface area contributed by atoms with Crippen LogP contribution in [0.25, 0.3) is 6.08 Å². The smallest absolute Gasteiger partial charge is 0.219 e. The number of amides is 1. The lowest BCUT2D eigenvalue weighted by atomic mass is 9.99. The topological polar surface area (TPSA) is 108 Å². The van der Waals surface area contributed by atoms with Crippen LogP contribution in [0.1, 0.15) is 37.8 Å². The molecule has 37 heavy (non-hydrogen) atoms. The van der Waals surface area contributed by atoms with Gasteiger partial charge in [-0.2, -0.15) is 0 Å². The Bertz CT molecular complexity index is 1240. The molecule has 1 aromatic carbocycles. The molecule has 3 fully saturated rings. The minimum atomic E-state index is -1.27. The Morgan fingerprint density at radius 2 is 1.97 bits per heavy atom. The van der Waals surface area contributed by atoms with Crippen molar-refractivity contribution in [1.29, 1.82) is 0 Å². The van der Waals surface area contributed by atoms with E-state index in [0.29, 0.717) is 29.6 Å². The summed E-state index contributed by atoms with van der Waals surface area (Å²) in [4.78, 5) is 21.7. The number of hydrogen-bond acceptors (Lipinski definition) is 7. The van der Waals surface area contributed by atoms with E-state index in [1.54, 1.807) is 12.1 Å². The van der Waals surface area contributed by atoms with Gasteiger partial charge in [-0.3, -0.25) is 9.79 Å². The first-order chi connectivity index (χ1) is 18.0. The molecule has 1 amide bonds. The molecule has 4 aliphatic rings. The quantitative estimate of drug-likeness (QED) is 0.531. The minimum Gasteiger partial charge on any atom is -0.470 e. The Morgan fingerprint density at radius 1 is 1.22 bits per heavy atom. The first-order valence-corrected chi connectivity index (χ1v) is 13.1. The number of benzene rings is 1. The van der Waals surface area contributed by atoms with Crippen LogP contribution in [0.3, 0.4) is 0 Å². The van der Waals surface area contributed by atoms with Crippen LogP contribution in [-0.2, 0) is 14.3 Å². The predicted molar refractivity (Wildman–Crippen MR) is 134 cm³/mol. The van der Waals surface area contributed by atoms with Crippen LogP contribution in [0.5, 0.6) is 5.88 Å². The van der Waals surface area contributed by atoms with Crippen molar-refractivity contribution < 1.29 is 28.5 Å². The number of aromatic amines is 1. The van der Waals surface area contributed by atoms with Gasteiger partial charge in [-0.05, 0) is 36.6 Å². The molecule has 198 valence electrons. The summed E-state index contributed by atoms with van der Waals surface area (Å²) < 4.78 is 32.4. The van der Waals surface area contributed by atoms with Crippen LogP contribution in [0.2, 0.25) is 0 Å². The molecule has 0 saturated carbocycles. The van der Waals surface area contributed by atoms with E-state index in [1.165, 1.54) is 0 Å². The molecule has 2 aromatic rings. The second-order valence-corrected chi connectivity index (χ2v) is 10.2. The molecule has 3 saturated heterocycles. The highest BCUT2D eigenvalue weighted by molar-refractivity contribution is 5.75. The molecule has 0 spiro atoms. The third-order valence-electron chi connectivity index (χ3n) is 7.75. The van der Waals surface area contributed by atoms with Gasteiger partial charge in [0, 0.05) is 37.3 Å². The maximum atomic E-state index is 15.2. The zero-order valence-corrected chi connectivity index (χ0v) is 20.8. The number of carbonyl (C=O) groups excluding carboxylic acids is 1. The molecule has 6 rings (SSSR count). The van der Waals surface area contributed by atoms with Crippen LogP contribution in [0.4, 0.5) is 10.1 Å². The number of ether oxygens (including phenoxy) is 3. The largest absolute Gasteiger partial charge is 0.470 e. The van der Waals surface area contributed by atoms with Crippen molar-refractivity contribution in [1.82, 2.24) is 10.3 Å². The van der Waals surface area contributed by atoms with Gasteiger partial charge in [0.2, 0.25) is 5.91 Å². The number of aliphatic hydroxyl groups is 1. The molecule has 6 atom stereocenters. The third kappa shape index (κ3) is 4.85. The molecule has 3 N–H and O–H groups in total. The lowest BCUT2D eigenvalue weighted by molar-refractivity contribution is -0.121. The number of nitrogens with zero attached hydrogens (tertiary/aromatic N) is 2. The molecule has 10 heteroatoms. The van der Waals surface area contributed by atoms with Gasteiger partial charge in [0.05, 0.1) is 23.9 Å². The summed E-state index contributed by atoms with van der Waals surface area (Å²) in [5.41, 5.74) is 1.90. The van der Waals surface area contributed by atoms with E-state index in [2.05, 4.69) is 20.2 Å².